The Labute approximate surface area is 222 Å². The molecule has 2 aromatic heterocycles. The minimum absolute atomic E-state index is 0.530. The lowest BCUT2D eigenvalue weighted by Crippen LogP contribution is -2.51. The van der Waals surface area contributed by atoms with Crippen LogP contribution in [0.4, 0.5) is 5.82 Å². The minimum Gasteiger partial charge on any atom is -0.493 e. The number of nitrogens with zero attached hydrogens (tertiary/aromatic N) is 6. The molecule has 2 N–H and O–H groups in total. The molecular formula is C26H34N8O2S. The summed E-state index contributed by atoms with van der Waals surface area (Å²) in [6, 6.07) is 4.50. The van der Waals surface area contributed by atoms with Crippen LogP contribution in [0.5, 0.6) is 11.5 Å². The van der Waals surface area contributed by atoms with Crippen LogP contribution in [0.25, 0.3) is 10.9 Å². The summed E-state index contributed by atoms with van der Waals surface area (Å²) in [7, 11) is 1.67. The molecule has 10 nitrogen and oxygen atoms in total. The van der Waals surface area contributed by atoms with Gasteiger partial charge in [-0.15, -0.1) is 0 Å². The second kappa shape index (κ2) is 12.3. The number of nitrogens with one attached hydrogen (secondary N) is 2. The number of aromatic nitrogens is 4. The summed E-state index contributed by atoms with van der Waals surface area (Å²) in [6.07, 6.45) is 11.5. The molecule has 3 aromatic rings. The predicted octanol–water partition coefficient (Wildman–Crippen LogP) is 2.54. The van der Waals surface area contributed by atoms with Gasteiger partial charge in [0.25, 0.3) is 0 Å². The largest absolute Gasteiger partial charge is 0.493 e. The highest BCUT2D eigenvalue weighted by atomic mass is 32.1. The fourth-order valence-corrected chi connectivity index (χ4v) is 5.13. The van der Waals surface area contributed by atoms with Crippen molar-refractivity contribution < 1.29 is 9.47 Å². The summed E-state index contributed by atoms with van der Waals surface area (Å²) < 4.78 is 11.8. The van der Waals surface area contributed by atoms with E-state index in [1.807, 2.05) is 12.1 Å². The topological polar surface area (TPSA) is 101 Å². The van der Waals surface area contributed by atoms with Crippen molar-refractivity contribution in [1.29, 1.82) is 0 Å². The third-order valence-corrected chi connectivity index (χ3v) is 7.34. The smallest absolute Gasteiger partial charge is 0.169 e. The van der Waals surface area contributed by atoms with Gasteiger partial charge in [0, 0.05) is 56.1 Å². The van der Waals surface area contributed by atoms with E-state index in [9.17, 15) is 0 Å². The van der Waals surface area contributed by atoms with Gasteiger partial charge in [0.1, 0.15) is 12.1 Å². The Kier molecular flexibility index (Phi) is 8.42. The van der Waals surface area contributed by atoms with Crippen molar-refractivity contribution in [2.75, 3.05) is 51.3 Å². The number of anilines is 1. The van der Waals surface area contributed by atoms with Crippen molar-refractivity contribution in [3.8, 4) is 11.5 Å². The highest BCUT2D eigenvalue weighted by Gasteiger charge is 2.23. The van der Waals surface area contributed by atoms with Gasteiger partial charge < -0.3 is 29.9 Å². The van der Waals surface area contributed by atoms with E-state index in [1.165, 1.54) is 19.3 Å². The highest BCUT2D eigenvalue weighted by molar-refractivity contribution is 7.80. The van der Waals surface area contributed by atoms with Crippen molar-refractivity contribution >= 4 is 34.1 Å². The van der Waals surface area contributed by atoms with Crippen molar-refractivity contribution in [2.45, 2.75) is 38.3 Å². The van der Waals surface area contributed by atoms with Crippen molar-refractivity contribution in [2.24, 2.45) is 0 Å². The Morgan fingerprint density at radius 1 is 1.11 bits per heavy atom. The molecule has 2 fully saturated rings. The highest BCUT2D eigenvalue weighted by Crippen LogP contribution is 2.35. The Bertz CT molecular complexity index is 1180. The molecule has 0 spiro atoms. The van der Waals surface area contributed by atoms with E-state index >= 15 is 0 Å². The van der Waals surface area contributed by atoms with E-state index in [4.69, 9.17) is 21.7 Å². The van der Waals surface area contributed by atoms with Gasteiger partial charge in [0.15, 0.2) is 16.6 Å². The molecule has 1 aromatic carbocycles. The van der Waals surface area contributed by atoms with Crippen LogP contribution in [0.15, 0.2) is 37.1 Å². The van der Waals surface area contributed by atoms with Gasteiger partial charge in [-0.2, -0.15) is 0 Å². The van der Waals surface area contributed by atoms with Crippen LogP contribution in [0.1, 0.15) is 31.4 Å². The van der Waals surface area contributed by atoms with Gasteiger partial charge in [-0.05, 0) is 44.1 Å². The normalized spacial score (nSPS) is 18.0. The summed E-state index contributed by atoms with van der Waals surface area (Å²) in [5, 5.41) is 8.54. The average Bonchev–Trinajstić information content (AvgIpc) is 2.96. The van der Waals surface area contributed by atoms with Crippen molar-refractivity contribution in [3.63, 3.8) is 0 Å². The minimum atomic E-state index is 0.530. The molecule has 196 valence electrons. The zero-order chi connectivity index (χ0) is 25.5. The maximum Gasteiger partial charge on any atom is 0.169 e. The fourth-order valence-electron chi connectivity index (χ4n) is 4.88. The number of piperidine rings is 1. The van der Waals surface area contributed by atoms with Crippen molar-refractivity contribution in [1.82, 2.24) is 35.5 Å². The first-order valence-electron chi connectivity index (χ1n) is 12.9. The van der Waals surface area contributed by atoms with Gasteiger partial charge in [-0.3, -0.25) is 9.97 Å². The molecule has 0 amide bonds. The molecule has 0 saturated carbocycles. The van der Waals surface area contributed by atoms with E-state index < -0.39 is 0 Å². The van der Waals surface area contributed by atoms with Crippen LogP contribution in [0.3, 0.4) is 0 Å². The molecular weight excluding hydrogens is 488 g/mol. The van der Waals surface area contributed by atoms with E-state index in [1.54, 1.807) is 32.0 Å². The number of rotatable bonds is 8. The number of fused-ring (bicyclic) bond motifs is 1. The number of piperazine rings is 1. The summed E-state index contributed by atoms with van der Waals surface area (Å²) in [5.41, 5.74) is 1.71. The number of hydrogen-bond acceptors (Lipinski definition) is 9. The summed E-state index contributed by atoms with van der Waals surface area (Å²) in [4.78, 5) is 22.0. The van der Waals surface area contributed by atoms with Gasteiger partial charge in [0.05, 0.1) is 37.7 Å². The Balaban J connectivity index is 1.21. The van der Waals surface area contributed by atoms with Crippen molar-refractivity contribution in [3.05, 3.63) is 42.7 Å². The molecule has 0 aliphatic carbocycles. The van der Waals surface area contributed by atoms with E-state index in [2.05, 4.69) is 40.4 Å². The lowest BCUT2D eigenvalue weighted by Gasteiger charge is -2.37. The lowest BCUT2D eigenvalue weighted by atomic mass is 10.0. The molecule has 2 aliphatic heterocycles. The summed E-state index contributed by atoms with van der Waals surface area (Å²) in [5.74, 6) is 2.33. The number of methoxy groups -OCH3 is 1. The Morgan fingerprint density at radius 2 is 2.00 bits per heavy atom. The SMILES string of the molecule is COc1cc2c(N3CCN(C(=S)NCc4cnccn4)CC3)ncnc2cc1OCCC1CCCCN1. The number of hydrogen-bond donors (Lipinski definition) is 2. The standard InChI is InChI=1S/C26H34N8O2S/c1-35-23-14-21-22(15-24(23)36-13-5-19-4-2-3-6-28-19)31-18-32-25(21)33-9-11-34(12-10-33)26(37)30-17-20-16-27-7-8-29-20/h7-8,14-16,18-19,28H,2-6,9-13,17H2,1H3,(H,30,37). The molecule has 1 unspecified atom stereocenters. The van der Waals surface area contributed by atoms with Crippen LogP contribution in [0.2, 0.25) is 0 Å². The zero-order valence-corrected chi connectivity index (χ0v) is 22.0. The maximum atomic E-state index is 6.14. The zero-order valence-electron chi connectivity index (χ0n) is 21.2. The third kappa shape index (κ3) is 6.34. The first kappa shape index (κ1) is 25.3. The maximum absolute atomic E-state index is 6.14. The Morgan fingerprint density at radius 3 is 2.76 bits per heavy atom. The van der Waals surface area contributed by atoms with Crippen LogP contribution in [-0.4, -0.2) is 82.4 Å². The first-order valence-corrected chi connectivity index (χ1v) is 13.3. The first-order chi connectivity index (χ1) is 18.2. The van der Waals surface area contributed by atoms with Crippen LogP contribution in [-0.2, 0) is 6.54 Å². The molecule has 4 heterocycles. The Hall–Kier alpha value is -3.31. The number of ether oxygens (including phenoxy) is 2. The second-order valence-electron chi connectivity index (χ2n) is 9.33. The summed E-state index contributed by atoms with van der Waals surface area (Å²) >= 11 is 5.62. The molecule has 37 heavy (non-hydrogen) atoms. The molecule has 11 heteroatoms. The van der Waals surface area contributed by atoms with E-state index in [-0.39, 0.29) is 0 Å². The van der Waals surface area contributed by atoms with Crippen LogP contribution in [0, 0.1) is 0 Å². The number of thiocarbonyl (C=S) groups is 1. The molecule has 0 radical (unpaired) electrons. The van der Waals surface area contributed by atoms with Gasteiger partial charge in [0.2, 0.25) is 0 Å². The molecule has 1 atom stereocenters. The third-order valence-electron chi connectivity index (χ3n) is 6.94. The molecule has 5 rings (SSSR count). The monoisotopic (exact) mass is 522 g/mol. The van der Waals surface area contributed by atoms with Gasteiger partial charge >= 0.3 is 0 Å². The average molecular weight is 523 g/mol. The fraction of sp³-hybridized carbons (Fsp3) is 0.500. The van der Waals surface area contributed by atoms with E-state index in [0.29, 0.717) is 24.9 Å². The van der Waals surface area contributed by atoms with Gasteiger partial charge in [-0.1, -0.05) is 6.42 Å². The second-order valence-corrected chi connectivity index (χ2v) is 9.72. The number of benzene rings is 1. The van der Waals surface area contributed by atoms with E-state index in [0.717, 1.165) is 72.4 Å². The summed E-state index contributed by atoms with van der Waals surface area (Å²) in [6.45, 7) is 5.50. The van der Waals surface area contributed by atoms with Crippen LogP contribution < -0.4 is 25.0 Å². The quantitative estimate of drug-likeness (QED) is 0.427. The van der Waals surface area contributed by atoms with Crippen LogP contribution >= 0.6 is 12.2 Å². The molecule has 0 bridgehead atoms. The predicted molar refractivity (Wildman–Crippen MR) is 147 cm³/mol. The van der Waals surface area contributed by atoms with Gasteiger partial charge in [-0.25, -0.2) is 9.97 Å². The lowest BCUT2D eigenvalue weighted by molar-refractivity contribution is 0.257. The molecule has 2 saturated heterocycles. The molecule has 2 aliphatic rings.